The van der Waals surface area contributed by atoms with Gasteiger partial charge >= 0.3 is 0 Å². The van der Waals surface area contributed by atoms with Gasteiger partial charge in [0.2, 0.25) is 5.91 Å². The summed E-state index contributed by atoms with van der Waals surface area (Å²) < 4.78 is 13.2. The molecule has 1 aromatic rings. The van der Waals surface area contributed by atoms with E-state index < -0.39 is 23.7 Å². The van der Waals surface area contributed by atoms with Gasteiger partial charge in [-0.3, -0.25) is 19.3 Å². The molecule has 1 unspecified atom stereocenters. The molecule has 1 heterocycles. The van der Waals surface area contributed by atoms with Crippen molar-refractivity contribution in [2.75, 3.05) is 7.05 Å². The molecule has 1 saturated heterocycles. The van der Waals surface area contributed by atoms with Crippen LogP contribution in [0, 0.1) is 5.82 Å². The van der Waals surface area contributed by atoms with Gasteiger partial charge in [0.1, 0.15) is 11.9 Å². The van der Waals surface area contributed by atoms with Crippen LogP contribution < -0.4 is 5.32 Å². The number of hydrogen-bond donors (Lipinski definition) is 1. The minimum absolute atomic E-state index is 0.0521. The molecule has 0 spiro atoms. The van der Waals surface area contributed by atoms with Crippen LogP contribution in [-0.2, 0) is 9.59 Å². The smallest absolute Gasteiger partial charge is 0.252 e. The van der Waals surface area contributed by atoms with Crippen molar-refractivity contribution in [2.24, 2.45) is 0 Å². The number of likely N-dealkylation sites (tertiary alicyclic amines) is 1. The zero-order valence-corrected chi connectivity index (χ0v) is 11.5. The molecule has 0 aromatic heterocycles. The third kappa shape index (κ3) is 2.65. The van der Waals surface area contributed by atoms with Crippen LogP contribution in [0.3, 0.4) is 0 Å². The van der Waals surface area contributed by atoms with Crippen molar-refractivity contribution in [3.63, 3.8) is 0 Å². The van der Waals surface area contributed by atoms with Crippen molar-refractivity contribution in [3.05, 3.63) is 34.1 Å². The molecular formula is C12H10BrFN2O3. The number of benzene rings is 1. The van der Waals surface area contributed by atoms with Gasteiger partial charge in [-0.15, -0.1) is 0 Å². The highest BCUT2D eigenvalue weighted by molar-refractivity contribution is 9.10. The Morgan fingerprint density at radius 1 is 1.47 bits per heavy atom. The first-order valence-electron chi connectivity index (χ1n) is 5.46. The van der Waals surface area contributed by atoms with Gasteiger partial charge in [-0.25, -0.2) is 4.39 Å². The number of carbonyl (C=O) groups is 3. The summed E-state index contributed by atoms with van der Waals surface area (Å²) in [6.07, 6.45) is -0.0521. The summed E-state index contributed by atoms with van der Waals surface area (Å²) in [6.45, 7) is 0. The van der Waals surface area contributed by atoms with Gasteiger partial charge in [0.25, 0.3) is 11.8 Å². The Morgan fingerprint density at radius 3 is 2.68 bits per heavy atom. The molecule has 7 heteroatoms. The minimum Gasteiger partial charge on any atom is -0.340 e. The van der Waals surface area contributed by atoms with Crippen LogP contribution in [0.5, 0.6) is 0 Å². The van der Waals surface area contributed by atoms with Crippen molar-refractivity contribution >= 4 is 33.7 Å². The fraction of sp³-hybridized carbons (Fsp3) is 0.250. The third-order valence-electron chi connectivity index (χ3n) is 2.87. The Balaban J connectivity index is 2.11. The number of hydrogen-bond acceptors (Lipinski definition) is 3. The van der Waals surface area contributed by atoms with E-state index in [0.29, 0.717) is 0 Å². The Labute approximate surface area is 116 Å². The summed E-state index contributed by atoms with van der Waals surface area (Å²) in [5.41, 5.74) is 0.211. The minimum atomic E-state index is -0.853. The number of rotatable bonds is 2. The highest BCUT2D eigenvalue weighted by atomic mass is 79.9. The van der Waals surface area contributed by atoms with Gasteiger partial charge in [0.15, 0.2) is 0 Å². The second-order valence-electron chi connectivity index (χ2n) is 4.15. The number of halogens is 2. The summed E-state index contributed by atoms with van der Waals surface area (Å²) in [7, 11) is 1.37. The molecule has 5 nitrogen and oxygen atoms in total. The van der Waals surface area contributed by atoms with Crippen LogP contribution in [0.25, 0.3) is 0 Å². The Bertz CT molecular complexity index is 576. The van der Waals surface area contributed by atoms with Crippen LogP contribution in [0.2, 0.25) is 0 Å². The first-order chi connectivity index (χ1) is 8.90. The average molecular weight is 329 g/mol. The van der Waals surface area contributed by atoms with E-state index in [2.05, 4.69) is 21.2 Å². The second-order valence-corrected chi connectivity index (χ2v) is 5.00. The zero-order chi connectivity index (χ0) is 14.2. The van der Waals surface area contributed by atoms with Crippen LogP contribution >= 0.6 is 15.9 Å². The number of imide groups is 1. The number of nitrogens with zero attached hydrogens (tertiary/aromatic N) is 1. The molecule has 0 saturated carbocycles. The summed E-state index contributed by atoms with van der Waals surface area (Å²) >= 11 is 2.97. The maximum Gasteiger partial charge on any atom is 0.252 e. The highest BCUT2D eigenvalue weighted by Crippen LogP contribution is 2.17. The number of nitrogens with one attached hydrogen (secondary N) is 1. The standard InChI is InChI=1S/C12H10BrFN2O3/c1-16-10(17)5-9(12(16)19)15-11(18)6-2-3-8(14)7(13)4-6/h2-4,9H,5H2,1H3,(H,15,18). The second kappa shape index (κ2) is 5.08. The Hall–Kier alpha value is -1.76. The van der Waals surface area contributed by atoms with Gasteiger partial charge in [-0.1, -0.05) is 0 Å². The molecule has 1 aliphatic rings. The highest BCUT2D eigenvalue weighted by Gasteiger charge is 2.37. The van der Waals surface area contributed by atoms with Crippen LogP contribution in [-0.4, -0.2) is 35.7 Å². The van der Waals surface area contributed by atoms with Gasteiger partial charge in [0, 0.05) is 12.6 Å². The molecule has 1 fully saturated rings. The van der Waals surface area contributed by atoms with E-state index in [-0.39, 0.29) is 22.4 Å². The molecule has 2 rings (SSSR count). The lowest BCUT2D eigenvalue weighted by Gasteiger charge is -2.11. The lowest BCUT2D eigenvalue weighted by atomic mass is 10.2. The van der Waals surface area contributed by atoms with Gasteiger partial charge in [-0.2, -0.15) is 0 Å². The molecule has 0 aliphatic carbocycles. The van der Waals surface area contributed by atoms with Crippen molar-refractivity contribution in [1.29, 1.82) is 0 Å². The van der Waals surface area contributed by atoms with E-state index in [1.165, 1.54) is 19.2 Å². The maximum atomic E-state index is 13.0. The normalized spacial score (nSPS) is 18.9. The first-order valence-corrected chi connectivity index (χ1v) is 6.25. The van der Waals surface area contributed by atoms with Crippen molar-refractivity contribution in [1.82, 2.24) is 10.2 Å². The van der Waals surface area contributed by atoms with E-state index in [4.69, 9.17) is 0 Å². The lowest BCUT2D eigenvalue weighted by molar-refractivity contribution is -0.137. The molecule has 19 heavy (non-hydrogen) atoms. The summed E-state index contributed by atoms with van der Waals surface area (Å²) in [5.74, 6) is -1.79. The lowest BCUT2D eigenvalue weighted by Crippen LogP contribution is -2.40. The maximum absolute atomic E-state index is 13.0. The summed E-state index contributed by atoms with van der Waals surface area (Å²) in [6, 6.07) is 2.91. The van der Waals surface area contributed by atoms with E-state index in [9.17, 15) is 18.8 Å². The largest absolute Gasteiger partial charge is 0.340 e. The topological polar surface area (TPSA) is 66.5 Å². The Morgan fingerprint density at radius 2 is 2.16 bits per heavy atom. The van der Waals surface area contributed by atoms with E-state index >= 15 is 0 Å². The van der Waals surface area contributed by atoms with E-state index in [0.717, 1.165) is 11.0 Å². The molecule has 0 bridgehead atoms. The number of carbonyl (C=O) groups excluding carboxylic acids is 3. The molecule has 1 aliphatic heterocycles. The zero-order valence-electron chi connectivity index (χ0n) is 9.94. The van der Waals surface area contributed by atoms with Gasteiger partial charge in [0.05, 0.1) is 10.9 Å². The Kier molecular flexibility index (Phi) is 3.66. The monoisotopic (exact) mass is 328 g/mol. The first kappa shape index (κ1) is 13.7. The summed E-state index contributed by atoms with van der Waals surface area (Å²) in [4.78, 5) is 35.8. The third-order valence-corrected chi connectivity index (χ3v) is 3.48. The molecular weight excluding hydrogens is 319 g/mol. The molecule has 100 valence electrons. The van der Waals surface area contributed by atoms with Gasteiger partial charge < -0.3 is 5.32 Å². The van der Waals surface area contributed by atoms with Crippen molar-refractivity contribution < 1.29 is 18.8 Å². The predicted octanol–water partition coefficient (Wildman–Crippen LogP) is 1.08. The van der Waals surface area contributed by atoms with Crippen LogP contribution in [0.15, 0.2) is 22.7 Å². The number of likely N-dealkylation sites (N-methyl/N-ethyl adjacent to an activating group) is 1. The molecule has 1 atom stereocenters. The van der Waals surface area contributed by atoms with Crippen molar-refractivity contribution in [2.45, 2.75) is 12.5 Å². The SMILES string of the molecule is CN1C(=O)CC(NC(=O)c2ccc(F)c(Br)c2)C1=O. The van der Waals surface area contributed by atoms with Crippen LogP contribution in [0.1, 0.15) is 16.8 Å². The molecule has 0 radical (unpaired) electrons. The van der Waals surface area contributed by atoms with Crippen LogP contribution in [0.4, 0.5) is 4.39 Å². The summed E-state index contributed by atoms with van der Waals surface area (Å²) in [5, 5.41) is 2.46. The molecule has 1 aromatic carbocycles. The van der Waals surface area contributed by atoms with E-state index in [1.54, 1.807) is 0 Å². The fourth-order valence-electron chi connectivity index (χ4n) is 1.75. The van der Waals surface area contributed by atoms with E-state index in [1.807, 2.05) is 0 Å². The average Bonchev–Trinajstić information content (AvgIpc) is 2.60. The van der Waals surface area contributed by atoms with Crippen molar-refractivity contribution in [3.8, 4) is 0 Å². The number of amides is 3. The quantitative estimate of drug-likeness (QED) is 0.826. The van der Waals surface area contributed by atoms with Gasteiger partial charge in [-0.05, 0) is 34.1 Å². The molecule has 1 N–H and O–H groups in total. The predicted molar refractivity (Wildman–Crippen MR) is 67.7 cm³/mol. The molecule has 3 amide bonds. The fourth-order valence-corrected chi connectivity index (χ4v) is 2.13.